The van der Waals surface area contributed by atoms with E-state index >= 15 is 0 Å². The number of fused-ring (bicyclic) bond motifs is 1. The molecular weight excluding hydrogens is 421 g/mol. The first-order valence-electron chi connectivity index (χ1n) is 11.6. The molecule has 2 aromatic rings. The molecular formula is C27H28FNO4. The Morgan fingerprint density at radius 3 is 2.58 bits per heavy atom. The van der Waals surface area contributed by atoms with Crippen molar-refractivity contribution in [2.75, 3.05) is 13.7 Å². The zero-order valence-electron chi connectivity index (χ0n) is 18.9. The number of ether oxygens (including phenoxy) is 2. The second-order valence-electron chi connectivity index (χ2n) is 9.31. The van der Waals surface area contributed by atoms with Gasteiger partial charge in [-0.05, 0) is 55.4 Å². The fraction of sp³-hybridized carbons (Fsp3) is 0.407. The van der Waals surface area contributed by atoms with Crippen LogP contribution in [0.5, 0.6) is 5.75 Å². The van der Waals surface area contributed by atoms with Gasteiger partial charge in [0.1, 0.15) is 17.7 Å². The fourth-order valence-corrected chi connectivity index (χ4v) is 5.42. The first-order valence-corrected chi connectivity index (χ1v) is 11.6. The maximum atomic E-state index is 14.9. The summed E-state index contributed by atoms with van der Waals surface area (Å²) in [6.45, 7) is 2.49. The van der Waals surface area contributed by atoms with Crippen molar-refractivity contribution < 1.29 is 23.5 Å². The van der Waals surface area contributed by atoms with Gasteiger partial charge >= 0.3 is 0 Å². The average molecular weight is 450 g/mol. The van der Waals surface area contributed by atoms with Crippen LogP contribution in [0.1, 0.15) is 43.4 Å². The molecule has 1 aliphatic carbocycles. The highest BCUT2D eigenvalue weighted by Gasteiger charge is 2.52. The van der Waals surface area contributed by atoms with Crippen molar-refractivity contribution >= 4 is 11.7 Å². The average Bonchev–Trinajstić information content (AvgIpc) is 3.10. The standard InChI is InChI=1S/C27H28FNO4/c1-16-7-12-22-20(15-16)25(30)23-24(19-5-3-4-6-21(19)28)29(27(31)26(23)33-22)14-13-17-8-10-18(32-2)11-9-17/h3-6,8-11,16,20,22,24H,7,12-15H2,1-2H3. The Hall–Kier alpha value is -3.15. The summed E-state index contributed by atoms with van der Waals surface area (Å²) in [5.41, 5.74) is 1.69. The molecule has 2 aromatic carbocycles. The van der Waals surface area contributed by atoms with Crippen LogP contribution in [-0.2, 0) is 20.7 Å². The monoisotopic (exact) mass is 449 g/mol. The van der Waals surface area contributed by atoms with Crippen LogP contribution in [0.4, 0.5) is 4.39 Å². The number of hydrogen-bond acceptors (Lipinski definition) is 4. The van der Waals surface area contributed by atoms with E-state index in [0.717, 1.165) is 30.6 Å². The summed E-state index contributed by atoms with van der Waals surface area (Å²) in [7, 11) is 1.61. The Labute approximate surface area is 193 Å². The molecule has 1 saturated carbocycles. The normalized spacial score (nSPS) is 26.7. The highest BCUT2D eigenvalue weighted by molar-refractivity contribution is 6.11. The number of rotatable bonds is 5. The Morgan fingerprint density at radius 1 is 1.09 bits per heavy atom. The summed E-state index contributed by atoms with van der Waals surface area (Å²) in [5.74, 6) is 0.239. The smallest absolute Gasteiger partial charge is 0.290 e. The molecule has 0 radical (unpaired) electrons. The van der Waals surface area contributed by atoms with E-state index in [1.165, 1.54) is 6.07 Å². The number of amides is 1. The van der Waals surface area contributed by atoms with E-state index in [1.807, 2.05) is 24.3 Å². The predicted molar refractivity (Wildman–Crippen MR) is 121 cm³/mol. The zero-order valence-corrected chi connectivity index (χ0v) is 18.9. The van der Waals surface area contributed by atoms with Crippen LogP contribution in [0.15, 0.2) is 59.9 Å². The zero-order chi connectivity index (χ0) is 23.1. The first-order chi connectivity index (χ1) is 16.0. The third-order valence-electron chi connectivity index (χ3n) is 7.21. The van der Waals surface area contributed by atoms with Crippen molar-refractivity contribution in [3.63, 3.8) is 0 Å². The molecule has 33 heavy (non-hydrogen) atoms. The van der Waals surface area contributed by atoms with E-state index < -0.39 is 11.9 Å². The van der Waals surface area contributed by atoms with Crippen molar-refractivity contribution in [1.82, 2.24) is 4.90 Å². The van der Waals surface area contributed by atoms with Crippen molar-refractivity contribution in [1.29, 1.82) is 0 Å². The molecule has 4 unspecified atom stereocenters. The van der Waals surface area contributed by atoms with Crippen LogP contribution >= 0.6 is 0 Å². The molecule has 2 aliphatic heterocycles. The minimum absolute atomic E-state index is 0.0543. The molecule has 0 N–H and O–H groups in total. The Kier molecular flexibility index (Phi) is 5.69. The predicted octanol–water partition coefficient (Wildman–Crippen LogP) is 4.62. The van der Waals surface area contributed by atoms with Crippen molar-refractivity contribution in [2.45, 2.75) is 44.8 Å². The molecule has 5 rings (SSSR count). The molecule has 1 fully saturated rings. The number of carbonyl (C=O) groups excluding carboxylic acids is 2. The molecule has 3 aliphatic rings. The molecule has 0 aromatic heterocycles. The van der Waals surface area contributed by atoms with Gasteiger partial charge < -0.3 is 14.4 Å². The quantitative estimate of drug-likeness (QED) is 0.669. The molecule has 0 saturated heterocycles. The van der Waals surface area contributed by atoms with Crippen LogP contribution in [0.2, 0.25) is 0 Å². The van der Waals surface area contributed by atoms with Crippen molar-refractivity contribution in [2.24, 2.45) is 11.8 Å². The molecule has 6 heteroatoms. The van der Waals surface area contributed by atoms with Crippen LogP contribution in [0, 0.1) is 17.7 Å². The van der Waals surface area contributed by atoms with Crippen molar-refractivity contribution in [3.05, 3.63) is 76.8 Å². The number of hydrogen-bond donors (Lipinski definition) is 0. The summed E-state index contributed by atoms with van der Waals surface area (Å²) in [6, 6.07) is 13.3. The summed E-state index contributed by atoms with van der Waals surface area (Å²) >= 11 is 0. The number of carbonyl (C=O) groups is 2. The minimum atomic E-state index is -0.766. The Balaban J connectivity index is 1.49. The third-order valence-corrected chi connectivity index (χ3v) is 7.21. The lowest BCUT2D eigenvalue weighted by atomic mass is 9.74. The SMILES string of the molecule is COc1ccc(CCN2C(=O)C3=C(C(=O)C4CC(C)CCC4O3)C2c2ccccc2F)cc1. The van der Waals surface area contributed by atoms with Gasteiger partial charge in [-0.25, -0.2) is 4.39 Å². The van der Waals surface area contributed by atoms with Gasteiger partial charge in [-0.3, -0.25) is 9.59 Å². The molecule has 172 valence electrons. The summed E-state index contributed by atoms with van der Waals surface area (Å²) in [6.07, 6.45) is 2.78. The minimum Gasteiger partial charge on any atom is -0.497 e. The highest BCUT2D eigenvalue weighted by Crippen LogP contribution is 2.47. The van der Waals surface area contributed by atoms with Crippen molar-refractivity contribution in [3.8, 4) is 5.75 Å². The lowest BCUT2D eigenvalue weighted by Crippen LogP contribution is -2.41. The third kappa shape index (κ3) is 3.81. The van der Waals surface area contributed by atoms with E-state index in [2.05, 4.69) is 6.92 Å². The highest BCUT2D eigenvalue weighted by atomic mass is 19.1. The number of halogens is 1. The number of Topliss-reactive ketones (excluding diaryl/α,β-unsaturated/α-hetero) is 1. The lowest BCUT2D eigenvalue weighted by molar-refractivity contribution is -0.136. The number of benzene rings is 2. The molecule has 0 spiro atoms. The van der Waals surface area contributed by atoms with E-state index in [9.17, 15) is 14.0 Å². The Bertz CT molecular complexity index is 1110. The van der Waals surface area contributed by atoms with Gasteiger partial charge in [0.25, 0.3) is 5.91 Å². The first kappa shape index (κ1) is 21.7. The van der Waals surface area contributed by atoms with E-state index in [4.69, 9.17) is 9.47 Å². The van der Waals surface area contributed by atoms with Crippen LogP contribution in [-0.4, -0.2) is 36.3 Å². The molecule has 1 amide bonds. The summed E-state index contributed by atoms with van der Waals surface area (Å²) < 4.78 is 26.3. The fourth-order valence-electron chi connectivity index (χ4n) is 5.42. The maximum Gasteiger partial charge on any atom is 0.290 e. The van der Waals surface area contributed by atoms with Gasteiger partial charge in [-0.2, -0.15) is 0 Å². The Morgan fingerprint density at radius 2 is 1.85 bits per heavy atom. The van der Waals surface area contributed by atoms with E-state index in [-0.39, 0.29) is 29.5 Å². The largest absolute Gasteiger partial charge is 0.497 e. The van der Waals surface area contributed by atoms with Gasteiger partial charge in [-0.15, -0.1) is 0 Å². The molecule has 0 bridgehead atoms. The van der Waals surface area contributed by atoms with Gasteiger partial charge in [0.2, 0.25) is 0 Å². The second kappa shape index (κ2) is 8.65. The van der Waals surface area contributed by atoms with Crippen LogP contribution < -0.4 is 4.74 Å². The van der Waals surface area contributed by atoms with Gasteiger partial charge in [0.15, 0.2) is 11.5 Å². The number of methoxy groups -OCH3 is 1. The summed E-state index contributed by atoms with van der Waals surface area (Å²) in [5, 5.41) is 0. The van der Waals surface area contributed by atoms with Crippen LogP contribution in [0.25, 0.3) is 0 Å². The van der Waals surface area contributed by atoms with E-state index in [0.29, 0.717) is 30.0 Å². The summed E-state index contributed by atoms with van der Waals surface area (Å²) in [4.78, 5) is 28.8. The number of ketones is 1. The maximum absolute atomic E-state index is 14.9. The van der Waals surface area contributed by atoms with Gasteiger partial charge in [0.05, 0.1) is 24.6 Å². The topological polar surface area (TPSA) is 55.8 Å². The molecule has 4 atom stereocenters. The molecule has 5 nitrogen and oxygen atoms in total. The lowest BCUT2D eigenvalue weighted by Gasteiger charge is -2.37. The van der Waals surface area contributed by atoms with Crippen LogP contribution in [0.3, 0.4) is 0 Å². The van der Waals surface area contributed by atoms with Gasteiger partial charge in [0, 0.05) is 12.1 Å². The molecule has 2 heterocycles. The van der Waals surface area contributed by atoms with Gasteiger partial charge in [-0.1, -0.05) is 37.3 Å². The number of nitrogens with zero attached hydrogens (tertiary/aromatic N) is 1. The second-order valence-corrected chi connectivity index (χ2v) is 9.31. The van der Waals surface area contributed by atoms with E-state index in [1.54, 1.807) is 30.2 Å².